The zero-order valence-electron chi connectivity index (χ0n) is 54.5. The first-order valence-corrected chi connectivity index (χ1v) is 34.5. The minimum Gasteiger partial charge on any atom is -0.120 e. The fourth-order valence-corrected chi connectivity index (χ4v) is 9.28. The van der Waals surface area contributed by atoms with Crippen molar-refractivity contribution in [3.8, 4) is 24.7 Å². The molecule has 0 aromatic heterocycles. The summed E-state index contributed by atoms with van der Waals surface area (Å²) in [5.74, 6) is 5.02. The molecule has 0 heteroatoms. The van der Waals surface area contributed by atoms with Crippen molar-refractivity contribution >= 4 is 0 Å². The number of terminal acetylenes is 2. The molecule has 0 N–H and O–H groups in total. The number of hydrogen-bond donors (Lipinski definition) is 0. The maximum absolute atomic E-state index is 5.17. The minimum absolute atomic E-state index is 0.681. The summed E-state index contributed by atoms with van der Waals surface area (Å²) in [6, 6.07) is 0. The maximum Gasteiger partial charge on any atom is 0.0267 e. The molecule has 0 bridgehead atoms. The van der Waals surface area contributed by atoms with Crippen LogP contribution in [0.3, 0.4) is 0 Å². The number of hydrogen-bond acceptors (Lipinski definition) is 0. The Bertz CT molecular complexity index is 1220. The molecule has 0 spiro atoms. The van der Waals surface area contributed by atoms with Gasteiger partial charge >= 0.3 is 0 Å². The lowest BCUT2D eigenvalue weighted by molar-refractivity contribution is 0.535. The molecule has 0 unspecified atom stereocenters. The third-order valence-electron chi connectivity index (χ3n) is 14.7. The van der Waals surface area contributed by atoms with Crippen LogP contribution in [0.25, 0.3) is 0 Å². The summed E-state index contributed by atoms with van der Waals surface area (Å²) in [5, 5.41) is 0. The van der Waals surface area contributed by atoms with E-state index in [4.69, 9.17) is 12.8 Å². The summed E-state index contributed by atoms with van der Waals surface area (Å²) in [6.45, 7) is 26.7. The van der Waals surface area contributed by atoms with Crippen LogP contribution in [-0.2, 0) is 0 Å². The first kappa shape index (κ1) is 83.4. The number of rotatable bonds is 55. The largest absolute Gasteiger partial charge is 0.120 e. The lowest BCUT2D eigenvalue weighted by atomic mass is 10.0. The molecule has 0 amide bonds. The van der Waals surface area contributed by atoms with Gasteiger partial charge in [0.25, 0.3) is 0 Å². The van der Waals surface area contributed by atoms with E-state index in [1.165, 1.54) is 339 Å². The SMILES string of the molecule is C#CC/C=C/CCCCCCCCCCCCC.C#CCC=C.C/C=C(\C)C/C=C/CCCCCCCCCCCCC.C=C(C)CCCCCCCCCCCCCCCC.C=CCCCCCCCCCCCCC. The van der Waals surface area contributed by atoms with Gasteiger partial charge in [-0.25, -0.2) is 0 Å². The van der Waals surface area contributed by atoms with Gasteiger partial charge in [-0.2, -0.15) is 0 Å². The highest BCUT2D eigenvalue weighted by Gasteiger charge is 1.97. The van der Waals surface area contributed by atoms with E-state index in [1.807, 2.05) is 6.08 Å². The molecule has 452 valence electrons. The standard InChI is InChI=1S/C20H38.C19H38.C18H32.C15H30.C5H6/c1-4-6-7-8-9-10-11-12-13-14-15-16-17-18-19-20(3)5-2;1-4-5-6-7-8-9-10-11-12-13-14-15-16-17-18-19(2)3;1-3-5-7-9-11-13-15-17-18-16-14-12-10-8-6-4-2;1-3-5-7-9-11-13-15-14-12-10-8-6-4-2;1-3-5-4-2/h5,17-18H,4,6-16,19H2,1-3H3;2,4-18H2,1,3H3;1,7,9H,4-6,8,10-18H2,2H3;3H,1,4-15H2,2H3;1,4H,2,5H2/b18-17+,20-5+;;9-7+;;. The highest BCUT2D eigenvalue weighted by Crippen LogP contribution is 2.17. The van der Waals surface area contributed by atoms with Gasteiger partial charge in [-0.3, -0.25) is 0 Å². The third kappa shape index (κ3) is 103. The Balaban J connectivity index is -0.000000291. The topological polar surface area (TPSA) is 0 Å². The summed E-state index contributed by atoms with van der Waals surface area (Å²) in [6.07, 6.45) is 99.8. The van der Waals surface area contributed by atoms with E-state index in [0.29, 0.717) is 6.42 Å². The normalized spacial score (nSPS) is 10.8. The van der Waals surface area contributed by atoms with Crippen molar-refractivity contribution in [3.63, 3.8) is 0 Å². The van der Waals surface area contributed by atoms with Crippen LogP contribution in [0.5, 0.6) is 0 Å². The molecule has 77 heavy (non-hydrogen) atoms. The van der Waals surface area contributed by atoms with E-state index >= 15 is 0 Å². The van der Waals surface area contributed by atoms with Crippen molar-refractivity contribution in [2.75, 3.05) is 0 Å². The van der Waals surface area contributed by atoms with Gasteiger partial charge in [0.05, 0.1) is 0 Å². The highest BCUT2D eigenvalue weighted by atomic mass is 14.0. The summed E-state index contributed by atoms with van der Waals surface area (Å²) in [5.41, 5.74) is 2.82. The third-order valence-corrected chi connectivity index (χ3v) is 14.7. The average molecular weight is 1070 g/mol. The Morgan fingerprint density at radius 3 is 0.818 bits per heavy atom. The zero-order chi connectivity index (χ0) is 57.7. The van der Waals surface area contributed by atoms with Gasteiger partial charge in [0, 0.05) is 12.8 Å². The van der Waals surface area contributed by atoms with Gasteiger partial charge in [-0.1, -0.05) is 357 Å². The lowest BCUT2D eigenvalue weighted by Crippen LogP contribution is -1.83. The molecule has 0 radical (unpaired) electrons. The Morgan fingerprint density at radius 1 is 0.325 bits per heavy atom. The van der Waals surface area contributed by atoms with Crippen molar-refractivity contribution in [1.82, 2.24) is 0 Å². The molecule has 0 heterocycles. The van der Waals surface area contributed by atoms with E-state index in [9.17, 15) is 0 Å². The van der Waals surface area contributed by atoms with Crippen LogP contribution in [0.2, 0.25) is 0 Å². The van der Waals surface area contributed by atoms with Gasteiger partial charge in [0.1, 0.15) is 0 Å². The molecule has 0 saturated heterocycles. The first-order chi connectivity index (χ1) is 37.8. The van der Waals surface area contributed by atoms with Gasteiger partial charge in [-0.15, -0.1) is 44.4 Å². The van der Waals surface area contributed by atoms with Gasteiger partial charge in [0.15, 0.2) is 0 Å². The van der Waals surface area contributed by atoms with Crippen molar-refractivity contribution in [2.24, 2.45) is 0 Å². The number of unbranched alkanes of at least 4 members (excludes halogenated alkanes) is 46. The fourth-order valence-electron chi connectivity index (χ4n) is 9.28. The molecule has 0 aromatic rings. The zero-order valence-corrected chi connectivity index (χ0v) is 54.5. The summed E-state index contributed by atoms with van der Waals surface area (Å²) in [4.78, 5) is 0. The fraction of sp³-hybridized carbons (Fsp3) is 0.792. The highest BCUT2D eigenvalue weighted by molar-refractivity contribution is 5.02. The molecule has 0 aromatic carbocycles. The number of allylic oxidation sites excluding steroid dienone is 9. The van der Waals surface area contributed by atoms with Crippen LogP contribution in [0.4, 0.5) is 0 Å². The molecule has 0 rings (SSSR count). The Morgan fingerprint density at radius 2 is 0.584 bits per heavy atom. The Labute approximate surface area is 490 Å². The molecule has 0 nitrogen and oxygen atoms in total. The van der Waals surface area contributed by atoms with Crippen LogP contribution >= 0.6 is 0 Å². The molecular formula is C77H144. The van der Waals surface area contributed by atoms with E-state index in [-0.39, 0.29) is 0 Å². The second-order valence-electron chi connectivity index (χ2n) is 23.0. The van der Waals surface area contributed by atoms with Crippen molar-refractivity contribution < 1.29 is 0 Å². The van der Waals surface area contributed by atoms with E-state index < -0.39 is 0 Å². The van der Waals surface area contributed by atoms with Crippen LogP contribution in [0.1, 0.15) is 395 Å². The van der Waals surface area contributed by atoms with Gasteiger partial charge in [0.2, 0.25) is 0 Å². The average Bonchev–Trinajstić information content (AvgIpc) is 3.43. The minimum atomic E-state index is 0.681. The van der Waals surface area contributed by atoms with Crippen molar-refractivity contribution in [2.45, 2.75) is 395 Å². The van der Waals surface area contributed by atoms with Crippen molar-refractivity contribution in [3.05, 3.63) is 73.4 Å². The smallest absolute Gasteiger partial charge is 0.0267 e. The summed E-state index contributed by atoms with van der Waals surface area (Å²) in [7, 11) is 0. The molecule has 0 fully saturated rings. The van der Waals surface area contributed by atoms with Gasteiger partial charge in [-0.05, 0) is 78.6 Å². The maximum atomic E-state index is 5.17. The first-order valence-electron chi connectivity index (χ1n) is 34.5. The second-order valence-corrected chi connectivity index (χ2v) is 23.0. The van der Waals surface area contributed by atoms with Crippen LogP contribution in [0, 0.1) is 24.7 Å². The Kier molecular flexibility index (Phi) is 94.7. The van der Waals surface area contributed by atoms with Crippen LogP contribution in [0.15, 0.2) is 73.4 Å². The lowest BCUT2D eigenvalue weighted by Gasteiger charge is -2.03. The summed E-state index contributed by atoms with van der Waals surface area (Å²) < 4.78 is 0. The Hall–Kier alpha value is -2.44. The predicted molar refractivity (Wildman–Crippen MR) is 363 cm³/mol. The van der Waals surface area contributed by atoms with Gasteiger partial charge < -0.3 is 0 Å². The molecular weight excluding hydrogens is 925 g/mol. The predicted octanol–water partition coefficient (Wildman–Crippen LogP) is 28.4. The molecule has 0 saturated carbocycles. The van der Waals surface area contributed by atoms with E-state index in [2.05, 4.69) is 110 Å². The van der Waals surface area contributed by atoms with E-state index in [1.54, 1.807) is 6.08 Å². The molecule has 0 aliphatic heterocycles. The molecule has 0 aliphatic carbocycles. The second kappa shape index (κ2) is 87.4. The van der Waals surface area contributed by atoms with Crippen LogP contribution in [-0.4, -0.2) is 0 Å². The molecule has 0 aliphatic rings. The molecule has 0 atom stereocenters. The quantitative estimate of drug-likeness (QED) is 0.0324. The van der Waals surface area contributed by atoms with Crippen molar-refractivity contribution in [1.29, 1.82) is 0 Å². The van der Waals surface area contributed by atoms with Crippen LogP contribution < -0.4 is 0 Å². The monoisotopic (exact) mass is 1070 g/mol. The van der Waals surface area contributed by atoms with E-state index in [0.717, 1.165) is 12.8 Å². The summed E-state index contributed by atoms with van der Waals surface area (Å²) >= 11 is 0.